The molecule has 0 aromatic heterocycles. The summed E-state index contributed by atoms with van der Waals surface area (Å²) >= 11 is 0. The third kappa shape index (κ3) is 2.89. The van der Waals surface area contributed by atoms with Crippen LogP contribution in [0.15, 0.2) is 0 Å². The number of hydrogen-bond donors (Lipinski definition) is 0. The minimum Gasteiger partial charge on any atom is -0.303 e. The van der Waals surface area contributed by atoms with Crippen LogP contribution in [0.2, 0.25) is 0 Å². The van der Waals surface area contributed by atoms with Gasteiger partial charge in [0.1, 0.15) is 6.29 Å². The van der Waals surface area contributed by atoms with Crippen LogP contribution < -0.4 is 0 Å². The van der Waals surface area contributed by atoms with Crippen molar-refractivity contribution in [2.75, 3.05) is 0 Å². The molecule has 2 unspecified atom stereocenters. The molecule has 0 N–H and O–H groups in total. The Kier molecular flexibility index (Phi) is 5.42. The maximum absolute atomic E-state index is 10.5. The van der Waals surface area contributed by atoms with Gasteiger partial charge in [0.15, 0.2) is 0 Å². The molecule has 0 saturated heterocycles. The number of rotatable bonds is 1. The fourth-order valence-corrected chi connectivity index (χ4v) is 3.21. The Hall–Kier alpha value is 0.293. The van der Waals surface area contributed by atoms with Crippen LogP contribution in [-0.2, 0) is 24.3 Å². The average Bonchev–Trinajstić information content (AvgIpc) is 3.12. The van der Waals surface area contributed by atoms with Crippen molar-refractivity contribution < 1.29 is 24.3 Å². The molecule has 0 amide bonds. The van der Waals surface area contributed by atoms with Crippen molar-refractivity contribution >= 4 is 6.29 Å². The molecule has 4 aliphatic rings. The number of fused-ring (bicyclic) bond motifs is 5. The first-order valence-electron chi connectivity index (χ1n) is 6.31. The number of carbonyl (C=O) groups is 1. The van der Waals surface area contributed by atoms with Crippen LogP contribution in [-0.4, -0.2) is 6.29 Å². The first-order valence-corrected chi connectivity index (χ1v) is 6.31. The summed E-state index contributed by atoms with van der Waals surface area (Å²) in [5.41, 5.74) is 0. The van der Waals surface area contributed by atoms with Crippen LogP contribution in [0.25, 0.3) is 0 Å². The smallest absolute Gasteiger partial charge is 0.127 e. The van der Waals surface area contributed by atoms with Gasteiger partial charge in [-0.2, -0.15) is 0 Å². The summed E-state index contributed by atoms with van der Waals surface area (Å²) in [5, 5.41) is 0. The molecule has 2 heteroatoms. The van der Waals surface area contributed by atoms with Gasteiger partial charge >= 0.3 is 0 Å². The molecule has 0 aromatic carbocycles. The molecular weight excluding hydrogens is 309 g/mol. The van der Waals surface area contributed by atoms with Gasteiger partial charge < -0.3 is 4.79 Å². The first kappa shape index (κ1) is 14.7. The topological polar surface area (TPSA) is 17.1 Å². The molecule has 0 heterocycles. The molecule has 4 saturated carbocycles. The Morgan fingerprint density at radius 2 is 1.33 bits per heavy atom. The Labute approximate surface area is 124 Å². The molecule has 1 nitrogen and oxygen atoms in total. The molecule has 4 fully saturated rings. The van der Waals surface area contributed by atoms with Crippen molar-refractivity contribution in [2.24, 2.45) is 11.8 Å². The Morgan fingerprint density at radius 1 is 0.889 bits per heavy atom. The normalized spacial score (nSPS) is 34.9. The van der Waals surface area contributed by atoms with Crippen LogP contribution in [0.5, 0.6) is 0 Å². The summed E-state index contributed by atoms with van der Waals surface area (Å²) in [6, 6.07) is 0. The van der Waals surface area contributed by atoms with Gasteiger partial charge in [-0.15, -0.1) is 0 Å². The second-order valence-electron chi connectivity index (χ2n) is 4.99. The van der Waals surface area contributed by atoms with Gasteiger partial charge in [-0.3, -0.25) is 0 Å². The standard InChI is InChI=1S/C11H11O.C5H5.Ru/c12-6-7-3-10-8-1-2-9(5-8)11(10)4-7;1-2-4-5-3-1;/h3-4,6,8-9H,1-2,5H2;1-5H;. The number of aldehydes is 1. The van der Waals surface area contributed by atoms with Crippen LogP contribution in [0, 0.1) is 74.5 Å². The van der Waals surface area contributed by atoms with Crippen molar-refractivity contribution in [3.05, 3.63) is 62.7 Å². The quantitative estimate of drug-likeness (QED) is 0.535. The van der Waals surface area contributed by atoms with E-state index >= 15 is 0 Å². The van der Waals surface area contributed by atoms with Crippen molar-refractivity contribution in [1.82, 2.24) is 0 Å². The van der Waals surface area contributed by atoms with E-state index in [4.69, 9.17) is 0 Å². The summed E-state index contributed by atoms with van der Waals surface area (Å²) in [5.74, 6) is 5.43. The Balaban J connectivity index is 0.000000172. The van der Waals surface area contributed by atoms with Crippen molar-refractivity contribution in [2.45, 2.75) is 19.3 Å². The summed E-state index contributed by atoms with van der Waals surface area (Å²) in [6.07, 6.45) is 19.2. The maximum atomic E-state index is 10.5. The van der Waals surface area contributed by atoms with E-state index in [0.29, 0.717) is 0 Å². The Bertz CT molecular complexity index is 249. The zero-order valence-corrected chi connectivity index (χ0v) is 11.9. The molecule has 2 bridgehead atoms. The largest absolute Gasteiger partial charge is 0.303 e. The second-order valence-corrected chi connectivity index (χ2v) is 4.99. The van der Waals surface area contributed by atoms with E-state index in [1.165, 1.54) is 31.1 Å². The van der Waals surface area contributed by atoms with Crippen molar-refractivity contribution in [1.29, 1.82) is 0 Å². The second kappa shape index (κ2) is 6.64. The fourth-order valence-electron chi connectivity index (χ4n) is 3.21. The maximum Gasteiger partial charge on any atom is 0.127 e. The summed E-state index contributed by atoms with van der Waals surface area (Å²) in [4.78, 5) is 10.5. The molecular formula is C16H16ORu. The molecule has 94 valence electrons. The summed E-state index contributed by atoms with van der Waals surface area (Å²) < 4.78 is 0. The average molecular weight is 325 g/mol. The van der Waals surface area contributed by atoms with Crippen molar-refractivity contribution in [3.63, 3.8) is 0 Å². The molecule has 2 atom stereocenters. The van der Waals surface area contributed by atoms with Gasteiger partial charge in [-0.25, -0.2) is 0 Å². The zero-order chi connectivity index (χ0) is 11.7. The van der Waals surface area contributed by atoms with E-state index in [9.17, 15) is 4.79 Å². The molecule has 10 radical (unpaired) electrons. The number of carbonyl (C=O) groups excluding carboxylic acids is 1. The number of hydrogen-bond acceptors (Lipinski definition) is 1. The van der Waals surface area contributed by atoms with Gasteiger partial charge in [-0.1, -0.05) is 0 Å². The van der Waals surface area contributed by atoms with E-state index in [1.54, 1.807) is 0 Å². The van der Waals surface area contributed by atoms with E-state index in [2.05, 4.69) is 12.8 Å². The van der Waals surface area contributed by atoms with E-state index in [0.717, 1.165) is 24.0 Å². The molecule has 18 heavy (non-hydrogen) atoms. The predicted molar refractivity (Wildman–Crippen MR) is 66.7 cm³/mol. The third-order valence-electron chi connectivity index (χ3n) is 3.98. The van der Waals surface area contributed by atoms with Gasteiger partial charge in [-0.05, 0) is 87.9 Å². The molecule has 4 rings (SSSR count). The molecule has 0 aromatic rings. The molecule has 0 spiro atoms. The van der Waals surface area contributed by atoms with Crippen LogP contribution >= 0.6 is 0 Å². The van der Waals surface area contributed by atoms with E-state index < -0.39 is 0 Å². The van der Waals surface area contributed by atoms with Crippen LogP contribution in [0.3, 0.4) is 0 Å². The third-order valence-corrected chi connectivity index (χ3v) is 3.98. The Morgan fingerprint density at radius 3 is 1.72 bits per heavy atom. The summed E-state index contributed by atoms with van der Waals surface area (Å²) in [7, 11) is 0. The fraction of sp³-hybridized carbons (Fsp3) is 0.312. The summed E-state index contributed by atoms with van der Waals surface area (Å²) in [6.45, 7) is 0. The minimum absolute atomic E-state index is 0. The molecule has 0 aliphatic heterocycles. The van der Waals surface area contributed by atoms with Gasteiger partial charge in [0.25, 0.3) is 0 Å². The molecule has 4 aliphatic carbocycles. The van der Waals surface area contributed by atoms with E-state index in [1.807, 2.05) is 32.1 Å². The van der Waals surface area contributed by atoms with E-state index in [-0.39, 0.29) is 19.5 Å². The first-order chi connectivity index (χ1) is 8.38. The van der Waals surface area contributed by atoms with Gasteiger partial charge in [0.2, 0.25) is 0 Å². The zero-order valence-electron chi connectivity index (χ0n) is 10.2. The monoisotopic (exact) mass is 326 g/mol. The minimum atomic E-state index is 0. The predicted octanol–water partition coefficient (Wildman–Crippen LogP) is 2.78. The van der Waals surface area contributed by atoms with Crippen LogP contribution in [0.4, 0.5) is 0 Å². The SMILES string of the molecule is O=C[C]1[CH][C]2[C]([CH]1)C1CCC2C1.[CH]1[CH][CH][CH][CH]1.[Ru]. The van der Waals surface area contributed by atoms with Crippen molar-refractivity contribution in [3.8, 4) is 0 Å². The van der Waals surface area contributed by atoms with Gasteiger partial charge in [0, 0.05) is 25.4 Å². The van der Waals surface area contributed by atoms with Gasteiger partial charge in [0.05, 0.1) is 0 Å². The van der Waals surface area contributed by atoms with Crippen LogP contribution in [0.1, 0.15) is 19.3 Å².